The van der Waals surface area contributed by atoms with Gasteiger partial charge >= 0.3 is 0 Å². The van der Waals surface area contributed by atoms with Gasteiger partial charge in [-0.3, -0.25) is 9.69 Å². The van der Waals surface area contributed by atoms with Gasteiger partial charge in [-0.1, -0.05) is 32.1 Å². The van der Waals surface area contributed by atoms with Crippen molar-refractivity contribution in [3.05, 3.63) is 0 Å². The molecule has 2 atom stereocenters. The molecule has 0 spiro atoms. The molecule has 2 unspecified atom stereocenters. The molecule has 2 fully saturated rings. The first kappa shape index (κ1) is 17.2. The second kappa shape index (κ2) is 7.94. The molecule has 5 heteroatoms. The number of hydrogen-bond donors (Lipinski definition) is 2. The van der Waals surface area contributed by atoms with Gasteiger partial charge in [-0.2, -0.15) is 5.26 Å². The maximum atomic E-state index is 12.2. The van der Waals surface area contributed by atoms with Gasteiger partial charge in [-0.05, 0) is 38.6 Å². The summed E-state index contributed by atoms with van der Waals surface area (Å²) < 4.78 is 0. The summed E-state index contributed by atoms with van der Waals surface area (Å²) in [6.45, 7) is 1.04. The van der Waals surface area contributed by atoms with E-state index in [4.69, 9.17) is 0 Å². The standard InChI is InChI=1S/C17H29N3O2/c1-20(11-14-7-3-4-8-15(14)21)12-16(22)19-17(13-18)9-5-2-6-10-17/h14-15,21H,2-12H2,1H3,(H,19,22). The van der Waals surface area contributed by atoms with Gasteiger partial charge in [0.15, 0.2) is 0 Å². The van der Waals surface area contributed by atoms with E-state index in [1.807, 2.05) is 11.9 Å². The van der Waals surface area contributed by atoms with Gasteiger partial charge in [0.2, 0.25) is 5.91 Å². The highest BCUT2D eigenvalue weighted by Crippen LogP contribution is 2.27. The second-order valence-electron chi connectivity index (χ2n) is 7.11. The van der Waals surface area contributed by atoms with Crippen molar-refractivity contribution in [1.29, 1.82) is 5.26 Å². The van der Waals surface area contributed by atoms with Crippen molar-refractivity contribution in [3.8, 4) is 6.07 Å². The minimum Gasteiger partial charge on any atom is -0.393 e. The lowest BCUT2D eigenvalue weighted by atomic mass is 9.83. The quantitative estimate of drug-likeness (QED) is 0.812. The number of carbonyl (C=O) groups excluding carboxylic acids is 1. The average Bonchev–Trinajstić information content (AvgIpc) is 2.50. The summed E-state index contributed by atoms with van der Waals surface area (Å²) >= 11 is 0. The Hall–Kier alpha value is -1.12. The van der Waals surface area contributed by atoms with Crippen molar-refractivity contribution in [1.82, 2.24) is 10.2 Å². The summed E-state index contributed by atoms with van der Waals surface area (Å²) in [6.07, 6.45) is 8.65. The Morgan fingerprint density at radius 3 is 2.59 bits per heavy atom. The molecule has 0 bridgehead atoms. The van der Waals surface area contributed by atoms with Crippen LogP contribution in [0.2, 0.25) is 0 Å². The highest BCUT2D eigenvalue weighted by Gasteiger charge is 2.34. The third kappa shape index (κ3) is 4.69. The average molecular weight is 307 g/mol. The van der Waals surface area contributed by atoms with Gasteiger partial charge in [0.05, 0.1) is 18.7 Å². The van der Waals surface area contributed by atoms with E-state index in [1.54, 1.807) is 0 Å². The van der Waals surface area contributed by atoms with Crippen LogP contribution in [0, 0.1) is 17.2 Å². The molecule has 0 heterocycles. The van der Waals surface area contributed by atoms with E-state index in [9.17, 15) is 15.2 Å². The molecule has 0 radical (unpaired) electrons. The van der Waals surface area contributed by atoms with Gasteiger partial charge in [-0.15, -0.1) is 0 Å². The Morgan fingerprint density at radius 2 is 1.95 bits per heavy atom. The maximum absolute atomic E-state index is 12.2. The minimum absolute atomic E-state index is 0.0729. The number of likely N-dealkylation sites (N-methyl/N-ethyl adjacent to an activating group) is 1. The van der Waals surface area contributed by atoms with Gasteiger partial charge in [0, 0.05) is 6.54 Å². The summed E-state index contributed by atoms with van der Waals surface area (Å²) in [4.78, 5) is 14.2. The Bertz CT molecular complexity index is 413. The van der Waals surface area contributed by atoms with E-state index in [-0.39, 0.29) is 17.9 Å². The van der Waals surface area contributed by atoms with Crippen LogP contribution in [0.25, 0.3) is 0 Å². The van der Waals surface area contributed by atoms with Crippen molar-refractivity contribution >= 4 is 5.91 Å². The Kier molecular flexibility index (Phi) is 6.22. The molecule has 2 N–H and O–H groups in total. The molecule has 0 aromatic rings. The van der Waals surface area contributed by atoms with E-state index in [1.165, 1.54) is 6.42 Å². The molecule has 22 heavy (non-hydrogen) atoms. The number of aliphatic hydroxyl groups is 1. The largest absolute Gasteiger partial charge is 0.393 e. The van der Waals surface area contributed by atoms with Crippen molar-refractivity contribution in [2.24, 2.45) is 5.92 Å². The predicted octanol–water partition coefficient (Wildman–Crippen LogP) is 1.81. The van der Waals surface area contributed by atoms with Crippen molar-refractivity contribution < 1.29 is 9.90 Å². The van der Waals surface area contributed by atoms with Crippen molar-refractivity contribution in [2.45, 2.75) is 69.4 Å². The summed E-state index contributed by atoms with van der Waals surface area (Å²) in [6, 6.07) is 2.32. The summed E-state index contributed by atoms with van der Waals surface area (Å²) in [5, 5.41) is 22.4. The van der Waals surface area contributed by atoms with Crippen LogP contribution in [-0.4, -0.2) is 47.7 Å². The van der Waals surface area contributed by atoms with E-state index in [2.05, 4.69) is 11.4 Å². The van der Waals surface area contributed by atoms with Gasteiger partial charge in [-0.25, -0.2) is 0 Å². The molecule has 2 saturated carbocycles. The van der Waals surface area contributed by atoms with E-state index < -0.39 is 5.54 Å². The number of nitriles is 1. The van der Waals surface area contributed by atoms with E-state index in [0.717, 1.165) is 57.9 Å². The molecule has 0 aromatic heterocycles. The molecule has 2 aliphatic rings. The van der Waals surface area contributed by atoms with Crippen LogP contribution in [0.5, 0.6) is 0 Å². The number of aliphatic hydroxyl groups excluding tert-OH is 1. The first-order valence-corrected chi connectivity index (χ1v) is 8.63. The normalized spacial score (nSPS) is 28.1. The Morgan fingerprint density at radius 1 is 1.27 bits per heavy atom. The van der Waals surface area contributed by atoms with E-state index >= 15 is 0 Å². The third-order valence-electron chi connectivity index (χ3n) is 5.13. The monoisotopic (exact) mass is 307 g/mol. The van der Waals surface area contributed by atoms with Crippen molar-refractivity contribution in [3.63, 3.8) is 0 Å². The smallest absolute Gasteiger partial charge is 0.235 e. The first-order valence-electron chi connectivity index (χ1n) is 8.63. The minimum atomic E-state index is -0.652. The van der Waals surface area contributed by atoms with Gasteiger partial charge in [0.25, 0.3) is 0 Å². The third-order valence-corrected chi connectivity index (χ3v) is 5.13. The zero-order valence-corrected chi connectivity index (χ0v) is 13.7. The molecule has 2 rings (SSSR count). The lowest BCUT2D eigenvalue weighted by Gasteiger charge is -2.33. The zero-order valence-electron chi connectivity index (χ0n) is 13.7. The number of nitrogens with zero attached hydrogens (tertiary/aromatic N) is 2. The van der Waals surface area contributed by atoms with Gasteiger partial charge in [0.1, 0.15) is 5.54 Å². The predicted molar refractivity (Wildman–Crippen MR) is 85.0 cm³/mol. The fourth-order valence-electron chi connectivity index (χ4n) is 3.84. The van der Waals surface area contributed by atoms with Crippen molar-refractivity contribution in [2.75, 3.05) is 20.1 Å². The molecule has 5 nitrogen and oxygen atoms in total. The summed E-state index contributed by atoms with van der Waals surface area (Å²) in [7, 11) is 1.92. The second-order valence-corrected chi connectivity index (χ2v) is 7.11. The number of amides is 1. The highest BCUT2D eigenvalue weighted by molar-refractivity contribution is 5.79. The molecule has 0 aliphatic heterocycles. The molecular weight excluding hydrogens is 278 g/mol. The number of hydrogen-bond acceptors (Lipinski definition) is 4. The maximum Gasteiger partial charge on any atom is 0.235 e. The van der Waals surface area contributed by atoms with Crippen LogP contribution < -0.4 is 5.32 Å². The number of carbonyl (C=O) groups is 1. The molecule has 1 amide bonds. The lowest BCUT2D eigenvalue weighted by molar-refractivity contribution is -0.124. The first-order chi connectivity index (χ1) is 10.5. The van der Waals surface area contributed by atoms with Crippen LogP contribution in [0.1, 0.15) is 57.8 Å². The van der Waals surface area contributed by atoms with Crippen LogP contribution >= 0.6 is 0 Å². The van der Waals surface area contributed by atoms with Crippen LogP contribution in [0.4, 0.5) is 0 Å². The summed E-state index contributed by atoms with van der Waals surface area (Å²) in [5.74, 6) is 0.197. The van der Waals surface area contributed by atoms with Crippen LogP contribution in [0.15, 0.2) is 0 Å². The molecule has 124 valence electrons. The SMILES string of the molecule is CN(CC(=O)NC1(C#N)CCCCC1)CC1CCCCC1O. The Balaban J connectivity index is 1.79. The lowest BCUT2D eigenvalue weighted by Crippen LogP contribution is -2.51. The summed E-state index contributed by atoms with van der Waals surface area (Å²) in [5.41, 5.74) is -0.652. The Labute approximate surface area is 133 Å². The fraction of sp³-hybridized carbons (Fsp3) is 0.882. The molecule has 2 aliphatic carbocycles. The topological polar surface area (TPSA) is 76.4 Å². The van der Waals surface area contributed by atoms with E-state index in [0.29, 0.717) is 6.54 Å². The highest BCUT2D eigenvalue weighted by atomic mass is 16.3. The molecule has 0 aromatic carbocycles. The number of rotatable bonds is 5. The fourth-order valence-corrected chi connectivity index (χ4v) is 3.84. The number of nitrogens with one attached hydrogen (secondary N) is 1. The van der Waals surface area contributed by atoms with Crippen LogP contribution in [0.3, 0.4) is 0 Å². The molecular formula is C17H29N3O2. The van der Waals surface area contributed by atoms with Crippen LogP contribution in [-0.2, 0) is 4.79 Å². The zero-order chi connectivity index (χ0) is 16.0. The molecule has 0 saturated heterocycles. The van der Waals surface area contributed by atoms with Gasteiger partial charge < -0.3 is 10.4 Å².